The molecule has 1 aliphatic rings. The summed E-state index contributed by atoms with van der Waals surface area (Å²) in [6.45, 7) is 0. The van der Waals surface area contributed by atoms with Gasteiger partial charge in [-0.2, -0.15) is 0 Å². The van der Waals surface area contributed by atoms with Crippen LogP contribution in [0, 0.1) is 5.92 Å². The van der Waals surface area contributed by atoms with E-state index in [4.69, 9.17) is 9.84 Å². The van der Waals surface area contributed by atoms with E-state index in [9.17, 15) is 9.59 Å². The molecule has 0 bridgehead atoms. The quantitative estimate of drug-likeness (QED) is 0.434. The van der Waals surface area contributed by atoms with E-state index in [1.54, 1.807) is 6.08 Å². The van der Waals surface area contributed by atoms with E-state index >= 15 is 0 Å². The number of ether oxygens (including phenoxy) is 1. The lowest BCUT2D eigenvalue weighted by atomic mass is 9.93. The first-order valence-corrected chi connectivity index (χ1v) is 5.33. The molecule has 0 amide bonds. The zero-order valence-electron chi connectivity index (χ0n) is 8.26. The fraction of sp³-hybridized carbons (Fsp3) is 0.600. The van der Waals surface area contributed by atoms with Crippen LogP contribution in [0.3, 0.4) is 0 Å². The molecule has 1 aliphatic carbocycles. The van der Waals surface area contributed by atoms with Gasteiger partial charge in [0.2, 0.25) is 0 Å². The molecule has 15 heavy (non-hydrogen) atoms. The topological polar surface area (TPSA) is 63.6 Å². The standard InChI is InChI=1S/C10H14O4S/c11-9(12)7-3-1-2-4-8(6-5-7)14-10(13)15/h2,4,7-8H,1,3,5-6H2,(H,11,12)(H,13,15). The van der Waals surface area contributed by atoms with Crippen LogP contribution in [0.2, 0.25) is 0 Å². The Morgan fingerprint density at radius 2 is 2.07 bits per heavy atom. The molecular weight excluding hydrogens is 216 g/mol. The van der Waals surface area contributed by atoms with Gasteiger partial charge in [-0.05, 0) is 31.8 Å². The summed E-state index contributed by atoms with van der Waals surface area (Å²) in [6, 6.07) is 0. The summed E-state index contributed by atoms with van der Waals surface area (Å²) in [5.41, 5.74) is 0. The molecule has 84 valence electrons. The Balaban J connectivity index is 2.53. The Kier molecular flexibility index (Phi) is 4.68. The van der Waals surface area contributed by atoms with Gasteiger partial charge in [0.05, 0.1) is 5.92 Å². The first kappa shape index (κ1) is 12.1. The van der Waals surface area contributed by atoms with Gasteiger partial charge >= 0.3 is 11.3 Å². The summed E-state index contributed by atoms with van der Waals surface area (Å²) in [5.74, 6) is -1.11. The highest BCUT2D eigenvalue weighted by atomic mass is 32.1. The third-order valence-electron chi connectivity index (χ3n) is 2.43. The van der Waals surface area contributed by atoms with Crippen molar-refractivity contribution in [2.45, 2.75) is 31.8 Å². The molecule has 0 aliphatic heterocycles. The summed E-state index contributed by atoms with van der Waals surface area (Å²) < 4.78 is 4.90. The highest BCUT2D eigenvalue weighted by Gasteiger charge is 2.21. The average molecular weight is 230 g/mol. The van der Waals surface area contributed by atoms with Crippen LogP contribution in [0.1, 0.15) is 25.7 Å². The highest BCUT2D eigenvalue weighted by molar-refractivity contribution is 7.96. The Hall–Kier alpha value is -0.970. The van der Waals surface area contributed by atoms with Gasteiger partial charge in [0.25, 0.3) is 0 Å². The number of carbonyl (C=O) groups excluding carboxylic acids is 1. The molecule has 2 unspecified atom stereocenters. The highest BCUT2D eigenvalue weighted by Crippen LogP contribution is 2.21. The minimum absolute atomic E-state index is 0.336. The fourth-order valence-corrected chi connectivity index (χ4v) is 1.76. The van der Waals surface area contributed by atoms with Gasteiger partial charge in [-0.25, -0.2) is 4.79 Å². The molecule has 0 spiro atoms. The number of allylic oxidation sites excluding steroid dienone is 1. The number of rotatable bonds is 2. The van der Waals surface area contributed by atoms with Crippen LogP contribution in [0.4, 0.5) is 4.79 Å². The Bertz CT molecular complexity index is 275. The van der Waals surface area contributed by atoms with Crippen LogP contribution < -0.4 is 0 Å². The number of carboxylic acids is 1. The molecule has 1 rings (SSSR count). The van der Waals surface area contributed by atoms with Gasteiger partial charge in [-0.15, -0.1) is 0 Å². The van der Waals surface area contributed by atoms with Crippen LogP contribution in [0.5, 0.6) is 0 Å². The zero-order chi connectivity index (χ0) is 11.3. The third-order valence-corrected chi connectivity index (χ3v) is 2.54. The van der Waals surface area contributed by atoms with Gasteiger partial charge in [-0.3, -0.25) is 4.79 Å². The van der Waals surface area contributed by atoms with E-state index in [2.05, 4.69) is 12.6 Å². The minimum Gasteiger partial charge on any atom is -0.481 e. The van der Waals surface area contributed by atoms with E-state index in [-0.39, 0.29) is 12.0 Å². The van der Waals surface area contributed by atoms with Crippen molar-refractivity contribution < 1.29 is 19.4 Å². The molecule has 0 saturated heterocycles. The van der Waals surface area contributed by atoms with Crippen LogP contribution in [0.15, 0.2) is 12.2 Å². The molecule has 0 aromatic heterocycles. The van der Waals surface area contributed by atoms with E-state index in [1.807, 2.05) is 6.08 Å². The van der Waals surface area contributed by atoms with Crippen molar-refractivity contribution in [3.63, 3.8) is 0 Å². The Morgan fingerprint density at radius 1 is 1.33 bits per heavy atom. The number of thiol groups is 1. The predicted molar refractivity (Wildman–Crippen MR) is 58.0 cm³/mol. The zero-order valence-corrected chi connectivity index (χ0v) is 9.15. The lowest BCUT2D eigenvalue weighted by Crippen LogP contribution is -2.20. The van der Waals surface area contributed by atoms with Gasteiger partial charge < -0.3 is 9.84 Å². The molecule has 5 heteroatoms. The fourth-order valence-electron chi connectivity index (χ4n) is 1.63. The van der Waals surface area contributed by atoms with Crippen molar-refractivity contribution in [1.29, 1.82) is 0 Å². The van der Waals surface area contributed by atoms with Crippen molar-refractivity contribution in [2.75, 3.05) is 0 Å². The maximum absolute atomic E-state index is 10.8. The lowest BCUT2D eigenvalue weighted by Gasteiger charge is -2.18. The SMILES string of the molecule is O=C(S)OC1C=CCCC(C(=O)O)CC1. The van der Waals surface area contributed by atoms with Crippen LogP contribution in [-0.2, 0) is 9.53 Å². The molecule has 0 fully saturated rings. The maximum Gasteiger partial charge on any atom is 0.364 e. The van der Waals surface area contributed by atoms with E-state index in [0.29, 0.717) is 25.7 Å². The van der Waals surface area contributed by atoms with Gasteiger partial charge in [0, 0.05) is 0 Å². The van der Waals surface area contributed by atoms with Crippen LogP contribution in [-0.4, -0.2) is 22.5 Å². The minimum atomic E-state index is -0.777. The van der Waals surface area contributed by atoms with Gasteiger partial charge in [-0.1, -0.05) is 18.7 Å². The van der Waals surface area contributed by atoms with Crippen LogP contribution >= 0.6 is 12.6 Å². The molecular formula is C10H14O4S. The molecule has 0 heterocycles. The van der Waals surface area contributed by atoms with Crippen molar-refractivity contribution in [3.8, 4) is 0 Å². The summed E-state index contributed by atoms with van der Waals surface area (Å²) >= 11 is 3.52. The second-order valence-electron chi connectivity index (χ2n) is 3.54. The van der Waals surface area contributed by atoms with Gasteiger partial charge in [0.1, 0.15) is 6.10 Å². The monoisotopic (exact) mass is 230 g/mol. The Labute approximate surface area is 93.7 Å². The van der Waals surface area contributed by atoms with E-state index < -0.39 is 11.3 Å². The van der Waals surface area contributed by atoms with Gasteiger partial charge in [0.15, 0.2) is 0 Å². The largest absolute Gasteiger partial charge is 0.481 e. The van der Waals surface area contributed by atoms with Crippen molar-refractivity contribution in [2.24, 2.45) is 5.92 Å². The predicted octanol–water partition coefficient (Wildman–Crippen LogP) is 2.25. The molecule has 0 saturated carbocycles. The molecule has 2 atom stereocenters. The Morgan fingerprint density at radius 3 is 2.67 bits per heavy atom. The number of hydrogen-bond acceptors (Lipinski definition) is 3. The average Bonchev–Trinajstić information content (AvgIpc) is 2.08. The normalized spacial score (nSPS) is 26.5. The van der Waals surface area contributed by atoms with Crippen molar-refractivity contribution in [1.82, 2.24) is 0 Å². The molecule has 0 aromatic rings. The first-order valence-electron chi connectivity index (χ1n) is 4.88. The summed E-state index contributed by atoms with van der Waals surface area (Å²) in [5, 5.41) is 8.25. The van der Waals surface area contributed by atoms with E-state index in [1.165, 1.54) is 0 Å². The number of hydrogen-bond donors (Lipinski definition) is 2. The summed E-state index contributed by atoms with van der Waals surface area (Å²) in [7, 11) is 0. The summed E-state index contributed by atoms with van der Waals surface area (Å²) in [4.78, 5) is 21.4. The second kappa shape index (κ2) is 5.80. The number of carbonyl (C=O) groups is 2. The van der Waals surface area contributed by atoms with Crippen LogP contribution in [0.25, 0.3) is 0 Å². The number of carboxylic acid groups (broad SMARTS) is 1. The smallest absolute Gasteiger partial charge is 0.364 e. The third kappa shape index (κ3) is 4.38. The molecule has 4 nitrogen and oxygen atoms in total. The van der Waals surface area contributed by atoms with Crippen molar-refractivity contribution >= 4 is 23.9 Å². The molecule has 1 N–H and O–H groups in total. The molecule has 0 aromatic carbocycles. The lowest BCUT2D eigenvalue weighted by molar-refractivity contribution is -0.142. The number of aliphatic carboxylic acids is 1. The second-order valence-corrected chi connectivity index (χ2v) is 3.91. The van der Waals surface area contributed by atoms with E-state index in [0.717, 1.165) is 0 Å². The molecule has 0 radical (unpaired) electrons. The summed E-state index contributed by atoms with van der Waals surface area (Å²) in [6.07, 6.45) is 5.75. The maximum atomic E-state index is 10.8. The first-order chi connectivity index (χ1) is 7.09. The van der Waals surface area contributed by atoms with Crippen molar-refractivity contribution in [3.05, 3.63) is 12.2 Å².